The number of rotatable bonds is 10. The molecular formula is C20H35IN4O3. The van der Waals surface area contributed by atoms with Gasteiger partial charge in [0.1, 0.15) is 6.10 Å². The lowest BCUT2D eigenvalue weighted by atomic mass is 10.2. The average Bonchev–Trinajstić information content (AvgIpc) is 3.14. The zero-order chi connectivity index (χ0) is 19.5. The molecule has 7 nitrogen and oxygen atoms in total. The first-order valence-corrected chi connectivity index (χ1v) is 9.65. The van der Waals surface area contributed by atoms with E-state index in [-0.39, 0.29) is 30.1 Å². The molecule has 0 spiro atoms. The highest BCUT2D eigenvalue weighted by atomic mass is 127. The third-order valence-electron chi connectivity index (χ3n) is 4.76. The predicted octanol–water partition coefficient (Wildman–Crippen LogP) is 2.36. The Bertz CT molecular complexity index is 588. The van der Waals surface area contributed by atoms with Gasteiger partial charge in [-0.3, -0.25) is 9.89 Å². The normalized spacial score (nSPS) is 18.3. The highest BCUT2D eigenvalue weighted by Gasteiger charge is 2.24. The molecule has 0 aliphatic carbocycles. The molecule has 160 valence electrons. The van der Waals surface area contributed by atoms with Crippen molar-refractivity contribution in [1.82, 2.24) is 15.5 Å². The number of nitrogens with zero attached hydrogens (tertiary/aromatic N) is 2. The molecular weight excluding hydrogens is 471 g/mol. The van der Waals surface area contributed by atoms with Crippen LogP contribution in [0.2, 0.25) is 0 Å². The number of aliphatic imine (C=N–C) groups is 1. The standard InChI is InChI=1S/C20H34N4O3.HI/c1-16(27-19-10-6-5-9-18(19)26-4)14-22-20(21-2)23-15-17-8-7-11-24(17)12-13-25-3;/h5-6,9-10,16-17H,7-8,11-15H2,1-4H3,(H2,21,22,23);1H. The summed E-state index contributed by atoms with van der Waals surface area (Å²) in [6.07, 6.45) is 2.43. The van der Waals surface area contributed by atoms with Crippen molar-refractivity contribution in [1.29, 1.82) is 0 Å². The Morgan fingerprint density at radius 1 is 1.25 bits per heavy atom. The first kappa shape index (κ1) is 24.8. The van der Waals surface area contributed by atoms with Crippen LogP contribution in [-0.4, -0.2) is 77.1 Å². The number of benzene rings is 1. The Kier molecular flexibility index (Phi) is 12.2. The van der Waals surface area contributed by atoms with E-state index in [0.29, 0.717) is 12.6 Å². The molecule has 0 saturated carbocycles. The second-order valence-electron chi connectivity index (χ2n) is 6.74. The smallest absolute Gasteiger partial charge is 0.191 e. The van der Waals surface area contributed by atoms with Crippen LogP contribution in [0.3, 0.4) is 0 Å². The van der Waals surface area contributed by atoms with Gasteiger partial charge in [-0.25, -0.2) is 0 Å². The summed E-state index contributed by atoms with van der Waals surface area (Å²) in [6.45, 7) is 6.46. The molecule has 0 radical (unpaired) electrons. The lowest BCUT2D eigenvalue weighted by molar-refractivity contribution is 0.141. The lowest BCUT2D eigenvalue weighted by Crippen LogP contribution is -2.47. The van der Waals surface area contributed by atoms with Gasteiger partial charge in [0.25, 0.3) is 0 Å². The number of para-hydroxylation sites is 2. The van der Waals surface area contributed by atoms with E-state index in [1.54, 1.807) is 21.3 Å². The van der Waals surface area contributed by atoms with Gasteiger partial charge in [0.05, 0.1) is 20.3 Å². The Morgan fingerprint density at radius 2 is 2.00 bits per heavy atom. The Hall–Kier alpha value is -1.26. The number of nitrogens with one attached hydrogen (secondary N) is 2. The molecule has 1 aliphatic rings. The van der Waals surface area contributed by atoms with Crippen LogP contribution in [-0.2, 0) is 4.74 Å². The molecule has 1 aromatic carbocycles. The molecule has 2 unspecified atom stereocenters. The van der Waals surface area contributed by atoms with E-state index in [9.17, 15) is 0 Å². The monoisotopic (exact) mass is 506 g/mol. The second kappa shape index (κ2) is 13.8. The molecule has 1 aromatic rings. The van der Waals surface area contributed by atoms with E-state index in [4.69, 9.17) is 14.2 Å². The van der Waals surface area contributed by atoms with Crippen LogP contribution in [0.25, 0.3) is 0 Å². The van der Waals surface area contributed by atoms with Gasteiger partial charge < -0.3 is 24.8 Å². The maximum Gasteiger partial charge on any atom is 0.191 e. The van der Waals surface area contributed by atoms with Crippen LogP contribution in [0.1, 0.15) is 19.8 Å². The van der Waals surface area contributed by atoms with Gasteiger partial charge in [-0.05, 0) is 38.4 Å². The predicted molar refractivity (Wildman–Crippen MR) is 124 cm³/mol. The van der Waals surface area contributed by atoms with Crippen molar-refractivity contribution in [3.8, 4) is 11.5 Å². The van der Waals surface area contributed by atoms with Gasteiger partial charge in [0.2, 0.25) is 0 Å². The summed E-state index contributed by atoms with van der Waals surface area (Å²) in [4.78, 5) is 6.80. The maximum atomic E-state index is 5.98. The lowest BCUT2D eigenvalue weighted by Gasteiger charge is -2.25. The van der Waals surface area contributed by atoms with E-state index in [1.165, 1.54) is 12.8 Å². The molecule has 1 fully saturated rings. The van der Waals surface area contributed by atoms with Gasteiger partial charge in [0, 0.05) is 33.3 Å². The second-order valence-corrected chi connectivity index (χ2v) is 6.74. The van der Waals surface area contributed by atoms with Crippen molar-refractivity contribution >= 4 is 29.9 Å². The minimum atomic E-state index is -0.0236. The fourth-order valence-corrected chi connectivity index (χ4v) is 3.28. The third kappa shape index (κ3) is 8.00. The molecule has 0 amide bonds. The molecule has 2 atom stereocenters. The third-order valence-corrected chi connectivity index (χ3v) is 4.76. The highest BCUT2D eigenvalue weighted by Crippen LogP contribution is 2.26. The van der Waals surface area contributed by atoms with E-state index in [0.717, 1.165) is 43.7 Å². The maximum absolute atomic E-state index is 5.98. The van der Waals surface area contributed by atoms with Gasteiger partial charge in [0.15, 0.2) is 17.5 Å². The van der Waals surface area contributed by atoms with Gasteiger partial charge >= 0.3 is 0 Å². The Balaban J connectivity index is 0.00000392. The number of hydrogen-bond acceptors (Lipinski definition) is 5. The molecule has 0 bridgehead atoms. The summed E-state index contributed by atoms with van der Waals surface area (Å²) in [5, 5.41) is 6.77. The van der Waals surface area contributed by atoms with Crippen LogP contribution in [0.4, 0.5) is 0 Å². The number of likely N-dealkylation sites (tertiary alicyclic amines) is 1. The summed E-state index contributed by atoms with van der Waals surface area (Å²) in [5.41, 5.74) is 0. The van der Waals surface area contributed by atoms with Gasteiger partial charge in [-0.1, -0.05) is 12.1 Å². The molecule has 2 rings (SSSR count). The van der Waals surface area contributed by atoms with Crippen molar-refractivity contribution < 1.29 is 14.2 Å². The van der Waals surface area contributed by atoms with Crippen molar-refractivity contribution in [2.24, 2.45) is 4.99 Å². The minimum absolute atomic E-state index is 0. The Morgan fingerprint density at radius 3 is 2.68 bits per heavy atom. The topological polar surface area (TPSA) is 67.4 Å². The summed E-state index contributed by atoms with van der Waals surface area (Å²) in [6, 6.07) is 8.21. The quantitative estimate of drug-likeness (QED) is 0.289. The van der Waals surface area contributed by atoms with Crippen LogP contribution < -0.4 is 20.1 Å². The highest BCUT2D eigenvalue weighted by molar-refractivity contribution is 14.0. The van der Waals surface area contributed by atoms with Crippen molar-refractivity contribution in [2.75, 3.05) is 54.1 Å². The molecule has 1 aliphatic heterocycles. The molecule has 28 heavy (non-hydrogen) atoms. The first-order valence-electron chi connectivity index (χ1n) is 9.65. The van der Waals surface area contributed by atoms with Crippen LogP contribution in [0.5, 0.6) is 11.5 Å². The van der Waals surface area contributed by atoms with Crippen molar-refractivity contribution in [3.05, 3.63) is 24.3 Å². The van der Waals surface area contributed by atoms with E-state index >= 15 is 0 Å². The summed E-state index contributed by atoms with van der Waals surface area (Å²) < 4.78 is 16.5. The molecule has 1 saturated heterocycles. The summed E-state index contributed by atoms with van der Waals surface area (Å²) >= 11 is 0. The first-order chi connectivity index (χ1) is 13.2. The van der Waals surface area contributed by atoms with Crippen LogP contribution in [0, 0.1) is 0 Å². The number of halogens is 1. The largest absolute Gasteiger partial charge is 0.493 e. The number of hydrogen-bond donors (Lipinski definition) is 2. The zero-order valence-corrected chi connectivity index (χ0v) is 19.8. The zero-order valence-electron chi connectivity index (χ0n) is 17.4. The number of methoxy groups -OCH3 is 2. The van der Waals surface area contributed by atoms with Crippen molar-refractivity contribution in [3.63, 3.8) is 0 Å². The van der Waals surface area contributed by atoms with E-state index < -0.39 is 0 Å². The molecule has 2 N–H and O–H groups in total. The minimum Gasteiger partial charge on any atom is -0.493 e. The Labute approximate surface area is 186 Å². The van der Waals surface area contributed by atoms with E-state index in [1.807, 2.05) is 31.2 Å². The van der Waals surface area contributed by atoms with Crippen molar-refractivity contribution in [2.45, 2.75) is 31.9 Å². The number of ether oxygens (including phenoxy) is 3. The summed E-state index contributed by atoms with van der Waals surface area (Å²) in [7, 11) is 5.19. The molecule has 8 heteroatoms. The SMILES string of the molecule is CN=C(NCC(C)Oc1ccccc1OC)NCC1CCCN1CCOC.I. The average molecular weight is 506 g/mol. The fourth-order valence-electron chi connectivity index (χ4n) is 3.28. The molecule has 0 aromatic heterocycles. The van der Waals surface area contributed by atoms with Crippen LogP contribution in [0.15, 0.2) is 29.3 Å². The number of guanidine groups is 1. The van der Waals surface area contributed by atoms with E-state index in [2.05, 4.69) is 20.5 Å². The fraction of sp³-hybridized carbons (Fsp3) is 0.650. The molecule has 1 heterocycles. The van der Waals surface area contributed by atoms with Crippen LogP contribution >= 0.6 is 24.0 Å². The summed E-state index contributed by atoms with van der Waals surface area (Å²) in [5.74, 6) is 2.28. The van der Waals surface area contributed by atoms with Gasteiger partial charge in [-0.15, -0.1) is 24.0 Å². The van der Waals surface area contributed by atoms with Gasteiger partial charge in [-0.2, -0.15) is 0 Å².